The molecular weight excluding hydrogens is 629 g/mol. The van der Waals surface area contributed by atoms with Gasteiger partial charge < -0.3 is 5.32 Å². The summed E-state index contributed by atoms with van der Waals surface area (Å²) in [7, 11) is -4.68. The first-order valence-electron chi connectivity index (χ1n) is 10.6. The van der Waals surface area contributed by atoms with Gasteiger partial charge in [-0.15, -0.1) is 0 Å². The molecular formula is C23H18Cl3F8NO3S. The number of alkyl halides is 8. The lowest BCUT2D eigenvalue weighted by Crippen LogP contribution is -2.33. The Hall–Kier alpha value is -2.09. The average molecular weight is 647 g/mol. The van der Waals surface area contributed by atoms with E-state index in [0.717, 1.165) is 36.4 Å². The van der Waals surface area contributed by atoms with Crippen LogP contribution in [0.3, 0.4) is 0 Å². The predicted molar refractivity (Wildman–Crippen MR) is 132 cm³/mol. The molecule has 0 fully saturated rings. The van der Waals surface area contributed by atoms with Crippen LogP contribution in [0.1, 0.15) is 39.9 Å². The maximum Gasteiger partial charge on any atom is 0.417 e. The van der Waals surface area contributed by atoms with Crippen LogP contribution in [0, 0.1) is 0 Å². The number of allylic oxidation sites excluding steroid dienone is 1. The fourth-order valence-corrected chi connectivity index (χ4v) is 5.04. The molecule has 0 spiro atoms. The molecule has 2 aromatic carbocycles. The standard InChI is InChI=1S/C23H18Cl3F8NO3S/c1-21(27,28)15(13-9-17(24)19(26)18(25)10-13)5-3-12-2-4-14(16(8-12)23(32,33)34)20(36)35-6-7-39(37,38)11-22(29,30)31/h2-5,8-10,15H,6-7,11H2,1H3,(H,35,36)/b5-3+. The Morgan fingerprint density at radius 3 is 2.03 bits per heavy atom. The lowest BCUT2D eigenvalue weighted by molar-refractivity contribution is -0.138. The topological polar surface area (TPSA) is 63.2 Å². The maximum absolute atomic E-state index is 14.4. The van der Waals surface area contributed by atoms with Gasteiger partial charge in [0.25, 0.3) is 11.8 Å². The molecule has 0 aliphatic heterocycles. The smallest absolute Gasteiger partial charge is 0.351 e. The van der Waals surface area contributed by atoms with Gasteiger partial charge in [-0.05, 0) is 35.4 Å². The number of carbonyl (C=O) groups is 1. The van der Waals surface area contributed by atoms with Crippen LogP contribution in [0.25, 0.3) is 6.08 Å². The van der Waals surface area contributed by atoms with Crippen LogP contribution >= 0.6 is 34.8 Å². The first-order valence-corrected chi connectivity index (χ1v) is 13.5. The number of nitrogens with one attached hydrogen (secondary N) is 1. The fourth-order valence-electron chi connectivity index (χ4n) is 3.37. The number of sulfone groups is 1. The fraction of sp³-hybridized carbons (Fsp3) is 0.348. The summed E-state index contributed by atoms with van der Waals surface area (Å²) in [6, 6.07) is 4.49. The largest absolute Gasteiger partial charge is 0.417 e. The van der Waals surface area contributed by atoms with Crippen molar-refractivity contribution >= 4 is 56.6 Å². The lowest BCUT2D eigenvalue weighted by Gasteiger charge is -2.22. The van der Waals surface area contributed by atoms with Crippen LogP contribution in [0.4, 0.5) is 35.1 Å². The average Bonchev–Trinajstić information content (AvgIpc) is 2.74. The van der Waals surface area contributed by atoms with Crippen molar-refractivity contribution in [2.75, 3.05) is 18.1 Å². The molecule has 1 atom stereocenters. The maximum atomic E-state index is 14.4. The van der Waals surface area contributed by atoms with Crippen molar-refractivity contribution in [2.24, 2.45) is 0 Å². The highest BCUT2D eigenvalue weighted by molar-refractivity contribution is 7.91. The quantitative estimate of drug-likeness (QED) is 0.223. The Labute approximate surface area is 232 Å². The van der Waals surface area contributed by atoms with Gasteiger partial charge in [0, 0.05) is 13.5 Å². The van der Waals surface area contributed by atoms with E-state index in [1.54, 1.807) is 0 Å². The van der Waals surface area contributed by atoms with Gasteiger partial charge in [0.05, 0.1) is 37.9 Å². The van der Waals surface area contributed by atoms with Gasteiger partial charge in [-0.3, -0.25) is 4.79 Å². The van der Waals surface area contributed by atoms with E-state index in [-0.39, 0.29) is 26.2 Å². The molecule has 2 rings (SSSR count). The SMILES string of the molecule is CC(F)(F)C(/C=C/c1ccc(C(=O)NCCS(=O)(=O)CC(F)(F)F)c(C(F)(F)F)c1)c1cc(Cl)c(Cl)c(Cl)c1. The predicted octanol–water partition coefficient (Wildman–Crippen LogP) is 7.82. The molecule has 0 radical (unpaired) electrons. The number of hydrogen-bond donors (Lipinski definition) is 1. The van der Waals surface area contributed by atoms with Crippen LogP contribution in [0.2, 0.25) is 15.1 Å². The first-order chi connectivity index (χ1) is 17.6. The van der Waals surface area contributed by atoms with Gasteiger partial charge in [0.1, 0.15) is 5.75 Å². The number of benzene rings is 2. The molecule has 0 bridgehead atoms. The third kappa shape index (κ3) is 9.80. The zero-order chi connectivity index (χ0) is 30.0. The van der Waals surface area contributed by atoms with E-state index in [1.165, 1.54) is 0 Å². The normalized spacial score (nSPS) is 14.1. The molecule has 39 heavy (non-hydrogen) atoms. The second-order valence-electron chi connectivity index (χ2n) is 8.36. The van der Waals surface area contributed by atoms with Crippen molar-refractivity contribution in [1.29, 1.82) is 0 Å². The highest BCUT2D eigenvalue weighted by atomic mass is 35.5. The van der Waals surface area contributed by atoms with Crippen LogP contribution in [-0.2, 0) is 16.0 Å². The Morgan fingerprint density at radius 1 is 0.974 bits per heavy atom. The number of halogens is 11. The molecule has 4 nitrogen and oxygen atoms in total. The Bertz CT molecular complexity index is 1330. The number of amides is 1. The zero-order valence-corrected chi connectivity index (χ0v) is 22.6. The third-order valence-electron chi connectivity index (χ3n) is 5.07. The van der Waals surface area contributed by atoms with Gasteiger partial charge in [-0.1, -0.05) is 53.0 Å². The number of hydrogen-bond acceptors (Lipinski definition) is 3. The summed E-state index contributed by atoms with van der Waals surface area (Å²) in [4.78, 5) is 12.3. The Kier molecular flexibility index (Phi) is 10.4. The van der Waals surface area contributed by atoms with Crippen molar-refractivity contribution in [2.45, 2.75) is 31.1 Å². The molecule has 1 unspecified atom stereocenters. The zero-order valence-electron chi connectivity index (χ0n) is 19.5. The van der Waals surface area contributed by atoms with Crippen molar-refractivity contribution in [3.8, 4) is 0 Å². The second kappa shape index (κ2) is 12.2. The highest BCUT2D eigenvalue weighted by Crippen LogP contribution is 2.40. The minimum absolute atomic E-state index is 0.0779. The van der Waals surface area contributed by atoms with E-state index >= 15 is 0 Å². The summed E-state index contributed by atoms with van der Waals surface area (Å²) in [5.74, 6) is -9.83. The Balaban J connectivity index is 2.34. The highest BCUT2D eigenvalue weighted by Gasteiger charge is 2.37. The van der Waals surface area contributed by atoms with Crippen LogP contribution in [0.15, 0.2) is 36.4 Å². The molecule has 0 heterocycles. The first kappa shape index (κ1) is 33.1. The summed E-state index contributed by atoms with van der Waals surface area (Å²) >= 11 is 17.7. The molecule has 0 saturated carbocycles. The number of carbonyl (C=O) groups excluding carboxylic acids is 1. The van der Waals surface area contributed by atoms with Gasteiger partial charge >= 0.3 is 12.4 Å². The molecule has 16 heteroatoms. The number of rotatable bonds is 9. The summed E-state index contributed by atoms with van der Waals surface area (Å²) in [5.41, 5.74) is -2.75. The molecule has 216 valence electrons. The monoisotopic (exact) mass is 645 g/mol. The van der Waals surface area contributed by atoms with Crippen LogP contribution < -0.4 is 5.32 Å². The van der Waals surface area contributed by atoms with E-state index < -0.39 is 69.1 Å². The van der Waals surface area contributed by atoms with Gasteiger partial charge in [0.15, 0.2) is 9.84 Å². The van der Waals surface area contributed by atoms with Crippen molar-refractivity contribution in [3.05, 3.63) is 73.7 Å². The van der Waals surface area contributed by atoms with Crippen molar-refractivity contribution in [1.82, 2.24) is 5.32 Å². The molecule has 0 saturated heterocycles. The van der Waals surface area contributed by atoms with E-state index in [0.29, 0.717) is 13.0 Å². The summed E-state index contributed by atoms with van der Waals surface area (Å²) in [5, 5.41) is 1.52. The molecule has 2 aromatic rings. The van der Waals surface area contributed by atoms with Crippen LogP contribution in [-0.4, -0.2) is 44.5 Å². The van der Waals surface area contributed by atoms with Gasteiger partial charge in [-0.2, -0.15) is 26.3 Å². The van der Waals surface area contributed by atoms with Gasteiger partial charge in [-0.25, -0.2) is 17.2 Å². The van der Waals surface area contributed by atoms with E-state index in [1.807, 2.05) is 5.32 Å². The minimum atomic E-state index is -5.11. The third-order valence-corrected chi connectivity index (χ3v) is 7.86. The van der Waals surface area contributed by atoms with E-state index in [9.17, 15) is 48.3 Å². The Morgan fingerprint density at radius 2 is 1.54 bits per heavy atom. The van der Waals surface area contributed by atoms with Crippen molar-refractivity contribution < 1.29 is 48.3 Å². The summed E-state index contributed by atoms with van der Waals surface area (Å²) < 4.78 is 130. The minimum Gasteiger partial charge on any atom is -0.351 e. The summed E-state index contributed by atoms with van der Waals surface area (Å²) in [6.07, 6.45) is -8.26. The molecule has 0 aromatic heterocycles. The summed E-state index contributed by atoms with van der Waals surface area (Å²) in [6.45, 7) is -0.308. The van der Waals surface area contributed by atoms with Crippen molar-refractivity contribution in [3.63, 3.8) is 0 Å². The molecule has 0 aliphatic carbocycles. The second-order valence-corrected chi connectivity index (χ2v) is 11.7. The lowest BCUT2D eigenvalue weighted by atomic mass is 9.92. The molecule has 0 aliphatic rings. The molecule has 1 amide bonds. The van der Waals surface area contributed by atoms with E-state index in [4.69, 9.17) is 34.8 Å². The molecule has 1 N–H and O–H groups in total. The van der Waals surface area contributed by atoms with E-state index in [2.05, 4.69) is 0 Å². The van der Waals surface area contributed by atoms with Gasteiger partial charge in [0.2, 0.25) is 0 Å². The van der Waals surface area contributed by atoms with Crippen LogP contribution in [0.5, 0.6) is 0 Å².